The van der Waals surface area contributed by atoms with Crippen molar-refractivity contribution >= 4 is 17.1 Å². The summed E-state index contributed by atoms with van der Waals surface area (Å²) in [5, 5.41) is 0. The molecule has 8 aromatic rings. The van der Waals surface area contributed by atoms with E-state index >= 15 is 0 Å². The van der Waals surface area contributed by atoms with Crippen LogP contribution in [0.3, 0.4) is 0 Å². The molecule has 0 fully saturated rings. The number of benzene rings is 8. The van der Waals surface area contributed by atoms with Crippen LogP contribution in [0.25, 0.3) is 44.5 Å². The Bertz CT molecular complexity index is 3260. The van der Waals surface area contributed by atoms with Crippen LogP contribution in [0.5, 0.6) is 0 Å². The van der Waals surface area contributed by atoms with Crippen molar-refractivity contribution in [1.82, 2.24) is 0 Å². The van der Waals surface area contributed by atoms with Crippen molar-refractivity contribution in [2.75, 3.05) is 4.90 Å². The van der Waals surface area contributed by atoms with Gasteiger partial charge in [0.25, 0.3) is 0 Å². The smallest absolute Gasteiger partial charge is 0.0726 e. The average Bonchev–Trinajstić information content (AvgIpc) is 3.91. The molecular weight excluding hydrogens is 771 g/mol. The molecule has 0 aliphatic heterocycles. The van der Waals surface area contributed by atoms with E-state index in [1.807, 2.05) is 0 Å². The second-order valence-electron chi connectivity index (χ2n) is 22.1. The number of anilines is 3. The molecule has 0 bridgehead atoms. The molecule has 0 aromatic heterocycles. The summed E-state index contributed by atoms with van der Waals surface area (Å²) < 4.78 is 0. The van der Waals surface area contributed by atoms with Gasteiger partial charge < -0.3 is 4.90 Å². The SMILES string of the molecule is CC(C)(C)c1ccc2c(c1)C(C)(C)c1cc(C(C)(C)C)cc(N(c3ccc4c(c3)C(C)(C)c3ccccc3-4)c3cccc4c3-c3ccccc3C43c4ccccc4-c4ccccc43)c1-2. The number of rotatable bonds is 3. The highest BCUT2D eigenvalue weighted by molar-refractivity contribution is 6.04. The molecule has 1 heteroatoms. The number of hydrogen-bond acceptors (Lipinski definition) is 1. The van der Waals surface area contributed by atoms with Gasteiger partial charge in [0.1, 0.15) is 0 Å². The molecular formula is C63H57N. The van der Waals surface area contributed by atoms with E-state index in [1.54, 1.807) is 0 Å². The van der Waals surface area contributed by atoms with E-state index in [-0.39, 0.29) is 21.7 Å². The lowest BCUT2D eigenvalue weighted by Crippen LogP contribution is -2.26. The summed E-state index contributed by atoms with van der Waals surface area (Å²) in [5.74, 6) is 0. The maximum atomic E-state index is 2.68. The molecule has 0 heterocycles. The standard InChI is InChI=1S/C63H57N/c1-59(2,3)38-30-32-46-52(34-38)62(9,10)54-35-39(60(4,5)6)36-56(58(46)54)64(40-31-33-44-41-20-11-15-24-47(41)61(7,8)53(44)37-40)55-29-19-28-51-57(55)45-23-14-18-27-50(45)63(51)48-25-16-12-21-42(48)43-22-13-17-26-49(43)63/h11-37H,1-10H3. The molecule has 0 radical (unpaired) electrons. The molecule has 64 heavy (non-hydrogen) atoms. The lowest BCUT2D eigenvalue weighted by molar-refractivity contribution is 0.580. The quantitative estimate of drug-likeness (QED) is 0.171. The summed E-state index contributed by atoms with van der Waals surface area (Å²) >= 11 is 0. The second kappa shape index (κ2) is 12.9. The Balaban J connectivity index is 1.21. The summed E-state index contributed by atoms with van der Waals surface area (Å²) in [6.07, 6.45) is 0. The molecule has 1 spiro atoms. The fraction of sp³-hybridized carbons (Fsp3) is 0.238. The summed E-state index contributed by atoms with van der Waals surface area (Å²) in [4.78, 5) is 2.68. The molecule has 0 N–H and O–H groups in total. The van der Waals surface area contributed by atoms with E-state index in [2.05, 4.69) is 238 Å². The van der Waals surface area contributed by atoms with E-state index in [1.165, 1.54) is 117 Å². The van der Waals surface area contributed by atoms with Crippen LogP contribution in [-0.4, -0.2) is 0 Å². The first-order valence-electron chi connectivity index (χ1n) is 23.4. The molecule has 0 unspecified atom stereocenters. The Morgan fingerprint density at radius 3 is 1.39 bits per heavy atom. The van der Waals surface area contributed by atoms with Crippen LogP contribution in [0.4, 0.5) is 17.1 Å². The van der Waals surface area contributed by atoms with Crippen LogP contribution in [0.15, 0.2) is 164 Å². The van der Waals surface area contributed by atoms with Gasteiger partial charge in [0.2, 0.25) is 0 Å². The van der Waals surface area contributed by atoms with Gasteiger partial charge in [-0.2, -0.15) is 0 Å². The van der Waals surface area contributed by atoms with E-state index in [9.17, 15) is 0 Å². The van der Waals surface area contributed by atoms with Gasteiger partial charge in [0.05, 0.1) is 16.8 Å². The van der Waals surface area contributed by atoms with Gasteiger partial charge in [-0.15, -0.1) is 0 Å². The summed E-state index contributed by atoms with van der Waals surface area (Å²) in [6.45, 7) is 23.9. The average molecular weight is 828 g/mol. The lowest BCUT2D eigenvalue weighted by Gasteiger charge is -2.34. The van der Waals surface area contributed by atoms with Crippen LogP contribution >= 0.6 is 0 Å². The molecule has 1 nitrogen and oxygen atoms in total. The van der Waals surface area contributed by atoms with Crippen molar-refractivity contribution in [3.05, 3.63) is 219 Å². The van der Waals surface area contributed by atoms with Gasteiger partial charge in [-0.1, -0.05) is 209 Å². The lowest BCUT2D eigenvalue weighted by atomic mass is 9.70. The second-order valence-corrected chi connectivity index (χ2v) is 22.1. The highest BCUT2D eigenvalue weighted by Gasteiger charge is 2.53. The van der Waals surface area contributed by atoms with Crippen molar-refractivity contribution in [3.8, 4) is 44.5 Å². The van der Waals surface area contributed by atoms with Crippen LogP contribution < -0.4 is 4.90 Å². The Morgan fingerprint density at radius 1 is 0.328 bits per heavy atom. The Hall–Kier alpha value is -6.44. The molecule has 4 aliphatic carbocycles. The first-order chi connectivity index (χ1) is 30.5. The highest BCUT2D eigenvalue weighted by Crippen LogP contribution is 2.66. The van der Waals surface area contributed by atoms with Gasteiger partial charge in [0.15, 0.2) is 0 Å². The molecule has 4 aliphatic rings. The maximum Gasteiger partial charge on any atom is 0.0726 e. The van der Waals surface area contributed by atoms with Crippen molar-refractivity contribution < 1.29 is 0 Å². The minimum Gasteiger partial charge on any atom is -0.309 e. The predicted octanol–water partition coefficient (Wildman–Crippen LogP) is 16.7. The van der Waals surface area contributed by atoms with E-state index in [0.717, 1.165) is 0 Å². The topological polar surface area (TPSA) is 3.24 Å². The first kappa shape index (κ1) is 39.2. The minimum absolute atomic E-state index is 0.0333. The Kier molecular flexibility index (Phi) is 7.87. The van der Waals surface area contributed by atoms with Gasteiger partial charge in [0, 0.05) is 27.6 Å². The Labute approximate surface area is 380 Å². The summed E-state index contributed by atoms with van der Waals surface area (Å²) in [6, 6.07) is 63.6. The van der Waals surface area contributed by atoms with Crippen molar-refractivity contribution in [3.63, 3.8) is 0 Å². The monoisotopic (exact) mass is 827 g/mol. The van der Waals surface area contributed by atoms with Gasteiger partial charge in [-0.25, -0.2) is 0 Å². The third-order valence-electron chi connectivity index (χ3n) is 15.8. The Morgan fingerprint density at radius 2 is 0.766 bits per heavy atom. The summed E-state index contributed by atoms with van der Waals surface area (Å²) in [7, 11) is 0. The zero-order valence-corrected chi connectivity index (χ0v) is 39.0. The fourth-order valence-electron chi connectivity index (χ4n) is 12.5. The zero-order chi connectivity index (χ0) is 44.3. The van der Waals surface area contributed by atoms with E-state index in [4.69, 9.17) is 0 Å². The first-order valence-corrected chi connectivity index (χ1v) is 23.4. The molecule has 12 rings (SSSR count). The van der Waals surface area contributed by atoms with Crippen LogP contribution in [0.1, 0.15) is 125 Å². The van der Waals surface area contributed by atoms with Gasteiger partial charge >= 0.3 is 0 Å². The zero-order valence-electron chi connectivity index (χ0n) is 39.0. The number of hydrogen-bond donors (Lipinski definition) is 0. The highest BCUT2D eigenvalue weighted by atomic mass is 15.2. The molecule has 0 saturated heterocycles. The van der Waals surface area contributed by atoms with Crippen LogP contribution in [0.2, 0.25) is 0 Å². The third kappa shape index (κ3) is 5.02. The molecule has 0 saturated carbocycles. The molecule has 0 atom stereocenters. The van der Waals surface area contributed by atoms with Crippen LogP contribution in [0, 0.1) is 0 Å². The molecule has 314 valence electrons. The summed E-state index contributed by atoms with van der Waals surface area (Å²) in [5.41, 5.74) is 27.1. The fourth-order valence-corrected chi connectivity index (χ4v) is 12.5. The molecule has 0 amide bonds. The minimum atomic E-state index is -0.449. The predicted molar refractivity (Wildman–Crippen MR) is 270 cm³/mol. The van der Waals surface area contributed by atoms with Crippen molar-refractivity contribution in [1.29, 1.82) is 0 Å². The van der Waals surface area contributed by atoms with Crippen LogP contribution in [-0.2, 0) is 27.1 Å². The maximum absolute atomic E-state index is 2.68. The van der Waals surface area contributed by atoms with Gasteiger partial charge in [-0.3, -0.25) is 0 Å². The van der Waals surface area contributed by atoms with Crippen molar-refractivity contribution in [2.45, 2.75) is 96.3 Å². The van der Waals surface area contributed by atoms with E-state index < -0.39 is 5.41 Å². The van der Waals surface area contributed by atoms with Crippen molar-refractivity contribution in [2.24, 2.45) is 0 Å². The normalized spacial score (nSPS) is 16.0. The number of nitrogens with zero attached hydrogens (tertiary/aromatic N) is 1. The van der Waals surface area contributed by atoms with Gasteiger partial charge in [-0.05, 0) is 124 Å². The molecule has 8 aromatic carbocycles. The third-order valence-corrected chi connectivity index (χ3v) is 15.8. The number of fused-ring (bicyclic) bond motifs is 16. The largest absolute Gasteiger partial charge is 0.309 e. The van der Waals surface area contributed by atoms with E-state index in [0.29, 0.717) is 0 Å².